The molecule has 17 heteroatoms. The van der Waals surface area contributed by atoms with Crippen molar-refractivity contribution in [3.8, 4) is 0 Å². The van der Waals surface area contributed by atoms with E-state index in [1.807, 2.05) is 85.7 Å². The van der Waals surface area contributed by atoms with Crippen molar-refractivity contribution in [3.63, 3.8) is 0 Å². The minimum absolute atomic E-state index is 0.0335. The second kappa shape index (κ2) is 23.9. The van der Waals surface area contributed by atoms with Crippen LogP contribution in [0, 0.1) is 0 Å². The number of aromatic nitrogens is 4. The molecule has 0 unspecified atom stereocenters. The van der Waals surface area contributed by atoms with Gasteiger partial charge in [-0.15, -0.1) is 0 Å². The fourth-order valence-corrected chi connectivity index (χ4v) is 10.8. The Labute approximate surface area is 437 Å². The number of benzene rings is 1. The van der Waals surface area contributed by atoms with Crippen molar-refractivity contribution in [1.82, 2.24) is 19.4 Å². The van der Waals surface area contributed by atoms with Gasteiger partial charge in [0.1, 0.15) is 11.4 Å². The Bertz CT molecular complexity index is 3320. The molecular formula is C58H67BF2N6O8. The number of fused-ring (bicyclic) bond motifs is 3. The van der Waals surface area contributed by atoms with Gasteiger partial charge in [0, 0.05) is 27.6 Å². The first-order chi connectivity index (χ1) is 36.2. The lowest BCUT2D eigenvalue weighted by Crippen LogP contribution is -2.24. The highest BCUT2D eigenvalue weighted by atomic mass is 19.2. The first-order valence-electron chi connectivity index (χ1n) is 26.5. The van der Waals surface area contributed by atoms with Crippen LogP contribution in [0.5, 0.6) is 0 Å². The van der Waals surface area contributed by atoms with Crippen molar-refractivity contribution in [1.29, 1.82) is 0 Å². The van der Waals surface area contributed by atoms with Gasteiger partial charge in [0.05, 0.1) is 65.9 Å². The summed E-state index contributed by atoms with van der Waals surface area (Å²) in [6.07, 6.45) is 3.30. The largest absolute Gasteiger partial charge is 0.678 e. The SMILES string of the molecule is CCOC(=O)C1=N/C(=C(/c2ccc3ccc4ccc(/C(=C5/N=C(C(=O)OCC)C(CC)=C5CC)c5c(CC)c(CC)c(C(=O)OCC)n5B(F)F)nc4c3n2)c2[nH]c(C(=O)OCC)c(CC)c2CC)C(CC)=C1CC. The van der Waals surface area contributed by atoms with Crippen molar-refractivity contribution in [3.05, 3.63) is 127 Å². The van der Waals surface area contributed by atoms with Gasteiger partial charge < -0.3 is 28.4 Å². The molecule has 0 spiro atoms. The van der Waals surface area contributed by atoms with Crippen LogP contribution in [0.25, 0.3) is 33.0 Å². The summed E-state index contributed by atoms with van der Waals surface area (Å²) in [6, 6.07) is 11.2. The third-order valence-corrected chi connectivity index (χ3v) is 13.9. The minimum Gasteiger partial charge on any atom is -0.461 e. The monoisotopic (exact) mass is 1020 g/mol. The number of rotatable bonds is 21. The number of ether oxygens (including phenoxy) is 4. The van der Waals surface area contributed by atoms with E-state index in [0.29, 0.717) is 111 Å². The first-order valence-corrected chi connectivity index (χ1v) is 26.5. The lowest BCUT2D eigenvalue weighted by Gasteiger charge is -2.18. The number of halogens is 2. The Hall–Kier alpha value is -7.30. The van der Waals surface area contributed by atoms with Gasteiger partial charge in [0.2, 0.25) is 0 Å². The van der Waals surface area contributed by atoms with E-state index < -0.39 is 31.3 Å². The summed E-state index contributed by atoms with van der Waals surface area (Å²) in [6.45, 7) is 22.6. The van der Waals surface area contributed by atoms with Crippen LogP contribution in [0.3, 0.4) is 0 Å². The number of nitrogens with one attached hydrogen (secondary N) is 1. The van der Waals surface area contributed by atoms with E-state index >= 15 is 8.63 Å². The molecule has 0 saturated carbocycles. The highest BCUT2D eigenvalue weighted by Crippen LogP contribution is 2.45. The van der Waals surface area contributed by atoms with Gasteiger partial charge in [-0.1, -0.05) is 79.7 Å². The van der Waals surface area contributed by atoms with Crippen LogP contribution in [0.1, 0.15) is 175 Å². The number of carbonyl (C=O) groups is 4. The van der Waals surface area contributed by atoms with Crippen LogP contribution in [0.15, 0.2) is 80.1 Å². The molecule has 2 aliphatic rings. The smallest absolute Gasteiger partial charge is 0.461 e. The highest BCUT2D eigenvalue weighted by Gasteiger charge is 2.39. The molecule has 1 N–H and O–H groups in total. The normalized spacial score (nSPS) is 15.0. The Morgan fingerprint density at radius 1 is 0.467 bits per heavy atom. The second-order valence-electron chi connectivity index (χ2n) is 17.7. The van der Waals surface area contributed by atoms with Crippen molar-refractivity contribution in [2.24, 2.45) is 9.98 Å². The maximum atomic E-state index is 16.1. The molecule has 1 aromatic carbocycles. The number of carbonyl (C=O) groups excluding carboxylic acids is 4. The van der Waals surface area contributed by atoms with Gasteiger partial charge in [-0.3, -0.25) is 8.63 Å². The molecule has 0 bridgehead atoms. The van der Waals surface area contributed by atoms with Crippen molar-refractivity contribution in [2.75, 3.05) is 26.4 Å². The molecule has 0 saturated heterocycles. The average Bonchev–Trinajstić information content (AvgIpc) is 4.19. The number of pyridine rings is 2. The van der Waals surface area contributed by atoms with Crippen molar-refractivity contribution < 1.29 is 46.8 Å². The lowest BCUT2D eigenvalue weighted by atomic mass is 9.91. The number of aromatic amines is 1. The van der Waals surface area contributed by atoms with Gasteiger partial charge in [-0.05, 0) is 136 Å². The van der Waals surface area contributed by atoms with E-state index in [1.54, 1.807) is 33.8 Å². The van der Waals surface area contributed by atoms with E-state index in [4.69, 9.17) is 38.9 Å². The second-order valence-corrected chi connectivity index (χ2v) is 17.7. The van der Waals surface area contributed by atoms with Gasteiger partial charge in [-0.25, -0.2) is 39.1 Å². The maximum Gasteiger partial charge on any atom is 0.678 e. The molecule has 2 aliphatic heterocycles. The van der Waals surface area contributed by atoms with Crippen molar-refractivity contribution >= 4 is 75.7 Å². The number of H-pyrrole nitrogens is 1. The fraction of sp³-hybridized carbons (Fsp3) is 0.414. The van der Waals surface area contributed by atoms with E-state index in [9.17, 15) is 19.2 Å². The van der Waals surface area contributed by atoms with Crippen LogP contribution in [0.2, 0.25) is 0 Å². The van der Waals surface area contributed by atoms with Gasteiger partial charge in [0.25, 0.3) is 0 Å². The van der Waals surface area contributed by atoms with Crippen LogP contribution >= 0.6 is 0 Å². The molecule has 0 radical (unpaired) electrons. The van der Waals surface area contributed by atoms with Crippen LogP contribution < -0.4 is 0 Å². The third-order valence-electron chi connectivity index (χ3n) is 13.9. The summed E-state index contributed by atoms with van der Waals surface area (Å²) in [7, 11) is -3.20. The van der Waals surface area contributed by atoms with E-state index in [-0.39, 0.29) is 79.0 Å². The van der Waals surface area contributed by atoms with E-state index in [0.717, 1.165) is 26.8 Å². The summed E-state index contributed by atoms with van der Waals surface area (Å²) in [5.41, 5.74) is 9.47. The molecule has 0 aliphatic carbocycles. The molecule has 4 aromatic heterocycles. The third kappa shape index (κ3) is 9.93. The predicted octanol–water partition coefficient (Wildman–Crippen LogP) is 12.1. The molecule has 5 aromatic rings. The summed E-state index contributed by atoms with van der Waals surface area (Å²) >= 11 is 0. The van der Waals surface area contributed by atoms with Crippen LogP contribution in [0.4, 0.5) is 8.63 Å². The molecule has 75 heavy (non-hydrogen) atoms. The van der Waals surface area contributed by atoms with E-state index in [1.165, 1.54) is 0 Å². The molecule has 6 heterocycles. The summed E-state index contributed by atoms with van der Waals surface area (Å²) in [4.78, 5) is 79.3. The molecular weight excluding hydrogens is 957 g/mol. The van der Waals surface area contributed by atoms with Gasteiger partial charge >= 0.3 is 31.3 Å². The molecule has 0 atom stereocenters. The number of hydrogen-bond donors (Lipinski definition) is 1. The number of nitrogens with zero attached hydrogens (tertiary/aromatic N) is 5. The fourth-order valence-electron chi connectivity index (χ4n) is 10.8. The summed E-state index contributed by atoms with van der Waals surface area (Å²) in [5.74, 6) is -2.57. The highest BCUT2D eigenvalue weighted by molar-refractivity contribution is 6.46. The first kappa shape index (κ1) is 55.5. The topological polar surface area (TPSA) is 176 Å². The molecule has 0 amide bonds. The number of aliphatic imine (C=N–C) groups is 2. The Balaban J connectivity index is 1.66. The van der Waals surface area contributed by atoms with Crippen LogP contribution in [-0.2, 0) is 54.2 Å². The molecule has 0 fully saturated rings. The van der Waals surface area contributed by atoms with Gasteiger partial charge in [-0.2, -0.15) is 0 Å². The zero-order valence-electron chi connectivity index (χ0n) is 45.3. The number of allylic oxidation sites excluding steroid dienone is 2. The standard InChI is InChI=1S/C58H67BF2N6O8/c1-13-33-36(16-4)50(55(68)72-21-9)64-47(33)43(48-34(14-2)37(17-5)51(65-48)56(69)73-22-10)41-29-27-31-25-26-32-28-30-42(63-46(32)45(31)62-41)44(49-35(15-3)38(18-6)52(66-49)57(70)74-23-11)53-39(19-7)40(20-8)54(58(71)75-24-12)67(53)59(60)61/h25-30,64H,13-24H2,1-12H3/b48-43-,49-44-. The zero-order valence-corrected chi connectivity index (χ0v) is 45.3. The number of hydrogen-bond acceptors (Lipinski definition) is 12. The Morgan fingerprint density at radius 3 is 1.28 bits per heavy atom. The Kier molecular flexibility index (Phi) is 17.7. The molecule has 394 valence electrons. The Morgan fingerprint density at radius 2 is 0.853 bits per heavy atom. The minimum atomic E-state index is -3.20. The molecule has 14 nitrogen and oxygen atoms in total. The number of esters is 4. The summed E-state index contributed by atoms with van der Waals surface area (Å²) < 4.78 is 55.0. The maximum absolute atomic E-state index is 16.1. The average molecular weight is 1030 g/mol. The van der Waals surface area contributed by atoms with Crippen molar-refractivity contribution in [2.45, 2.75) is 134 Å². The van der Waals surface area contributed by atoms with Gasteiger partial charge in [0.15, 0.2) is 11.4 Å². The van der Waals surface area contributed by atoms with E-state index in [2.05, 4.69) is 4.98 Å². The summed E-state index contributed by atoms with van der Waals surface area (Å²) in [5, 5.41) is 1.38. The lowest BCUT2D eigenvalue weighted by molar-refractivity contribution is -0.135. The van der Waals surface area contributed by atoms with Crippen LogP contribution in [-0.4, -0.2) is 88.6 Å². The quantitative estimate of drug-likeness (QED) is 0.0322. The zero-order chi connectivity index (χ0) is 54.4. The predicted molar refractivity (Wildman–Crippen MR) is 290 cm³/mol. The molecule has 7 rings (SSSR count).